The van der Waals surface area contributed by atoms with Gasteiger partial charge in [-0.2, -0.15) is 0 Å². The van der Waals surface area contributed by atoms with Gasteiger partial charge in [-0.1, -0.05) is 30.3 Å². The number of carbonyl (C=O) groups excluding carboxylic acids is 1. The number of benzene rings is 1. The molecule has 3 aromatic heterocycles. The zero-order chi connectivity index (χ0) is 24.5. The number of aromatic nitrogens is 2. The first-order valence-corrected chi connectivity index (χ1v) is 14.0. The molecule has 6 nitrogen and oxygen atoms in total. The van der Waals surface area contributed by atoms with E-state index >= 15 is 0 Å². The molecule has 1 aliphatic heterocycles. The molecule has 1 amide bonds. The topological polar surface area (TPSA) is 66.7 Å². The molecule has 0 atom stereocenters. The summed E-state index contributed by atoms with van der Waals surface area (Å²) in [6.45, 7) is 3.56. The van der Waals surface area contributed by atoms with E-state index in [1.54, 1.807) is 34.1 Å². The minimum atomic E-state index is -0.167. The Morgan fingerprint density at radius 2 is 1.86 bits per heavy atom. The van der Waals surface area contributed by atoms with Gasteiger partial charge in [-0.3, -0.25) is 14.0 Å². The van der Waals surface area contributed by atoms with Gasteiger partial charge in [-0.15, -0.1) is 11.3 Å². The predicted octanol–water partition coefficient (Wildman–Crippen LogP) is 4.47. The number of nitrogens with zero attached hydrogens (tertiary/aromatic N) is 3. The molecule has 36 heavy (non-hydrogen) atoms. The zero-order valence-electron chi connectivity index (χ0n) is 20.5. The number of likely N-dealkylation sites (tertiary alicyclic amines) is 1. The van der Waals surface area contributed by atoms with Gasteiger partial charge in [0.15, 0.2) is 5.65 Å². The molecule has 0 spiro atoms. The van der Waals surface area contributed by atoms with Crippen molar-refractivity contribution in [2.75, 3.05) is 26.2 Å². The molecule has 4 heterocycles. The number of hydrogen-bond donors (Lipinski definition) is 1. The second-order valence-corrected chi connectivity index (χ2v) is 11.2. The highest BCUT2D eigenvalue weighted by Gasteiger charge is 2.23. The van der Waals surface area contributed by atoms with Crippen molar-refractivity contribution in [3.63, 3.8) is 0 Å². The van der Waals surface area contributed by atoms with Crippen molar-refractivity contribution in [1.29, 1.82) is 0 Å². The third-order valence-electron chi connectivity index (χ3n) is 7.79. The minimum Gasteiger partial charge on any atom is -0.351 e. The number of nitrogens with one attached hydrogen (secondary N) is 1. The molecule has 0 radical (unpaired) electrons. The van der Waals surface area contributed by atoms with Crippen LogP contribution >= 0.6 is 11.3 Å². The molecule has 1 aliphatic carbocycles. The molecule has 1 N–H and O–H groups in total. The molecule has 2 aliphatic rings. The van der Waals surface area contributed by atoms with Gasteiger partial charge < -0.3 is 10.2 Å². The van der Waals surface area contributed by atoms with E-state index in [2.05, 4.69) is 40.5 Å². The fourth-order valence-electron chi connectivity index (χ4n) is 5.81. The van der Waals surface area contributed by atoms with Crippen LogP contribution < -0.4 is 10.9 Å². The first-order chi connectivity index (χ1) is 17.7. The fourth-order valence-corrected chi connectivity index (χ4v) is 7.06. The summed E-state index contributed by atoms with van der Waals surface area (Å²) in [6.07, 6.45) is 9.52. The number of rotatable bonds is 6. The Kier molecular flexibility index (Phi) is 6.59. The van der Waals surface area contributed by atoms with Crippen LogP contribution in [0.4, 0.5) is 0 Å². The van der Waals surface area contributed by atoms with E-state index in [0.29, 0.717) is 17.8 Å². The Morgan fingerprint density at radius 3 is 2.69 bits per heavy atom. The van der Waals surface area contributed by atoms with Gasteiger partial charge in [0, 0.05) is 24.2 Å². The average Bonchev–Trinajstić information content (AvgIpc) is 3.29. The first-order valence-electron chi connectivity index (χ1n) is 13.2. The van der Waals surface area contributed by atoms with E-state index in [1.807, 2.05) is 0 Å². The van der Waals surface area contributed by atoms with E-state index < -0.39 is 0 Å². The smallest absolute Gasteiger partial charge is 0.266 e. The normalized spacial score (nSPS) is 16.9. The number of carbonyl (C=O) groups is 1. The lowest BCUT2D eigenvalue weighted by molar-refractivity contribution is 0.0945. The Balaban J connectivity index is 1.10. The van der Waals surface area contributed by atoms with Crippen molar-refractivity contribution in [2.24, 2.45) is 5.92 Å². The molecule has 7 heteroatoms. The number of aryl methyl sites for hydroxylation is 2. The Morgan fingerprint density at radius 1 is 1.06 bits per heavy atom. The number of piperidine rings is 1. The van der Waals surface area contributed by atoms with E-state index in [-0.39, 0.29) is 11.5 Å². The summed E-state index contributed by atoms with van der Waals surface area (Å²) < 4.78 is 1.55. The second kappa shape index (κ2) is 10.1. The van der Waals surface area contributed by atoms with Crippen LogP contribution in [0.2, 0.25) is 0 Å². The van der Waals surface area contributed by atoms with Crippen LogP contribution in [-0.4, -0.2) is 46.4 Å². The summed E-state index contributed by atoms with van der Waals surface area (Å²) >= 11 is 1.62. The number of amides is 1. The van der Waals surface area contributed by atoms with E-state index in [0.717, 1.165) is 61.5 Å². The maximum Gasteiger partial charge on any atom is 0.266 e. The summed E-state index contributed by atoms with van der Waals surface area (Å²) in [6, 6.07) is 14.3. The molecular formula is C29H32N4O2S. The van der Waals surface area contributed by atoms with Gasteiger partial charge in [0.1, 0.15) is 4.83 Å². The van der Waals surface area contributed by atoms with Crippen LogP contribution in [0.25, 0.3) is 15.9 Å². The monoisotopic (exact) mass is 500 g/mol. The van der Waals surface area contributed by atoms with Gasteiger partial charge in [0.2, 0.25) is 0 Å². The molecule has 0 saturated carbocycles. The largest absolute Gasteiger partial charge is 0.351 e. The van der Waals surface area contributed by atoms with Crippen LogP contribution in [0, 0.1) is 5.92 Å². The lowest BCUT2D eigenvalue weighted by atomic mass is 9.90. The Labute approximate surface area is 215 Å². The maximum absolute atomic E-state index is 13.3. The van der Waals surface area contributed by atoms with Crippen LogP contribution in [0.1, 0.15) is 52.0 Å². The molecule has 1 saturated heterocycles. The third kappa shape index (κ3) is 4.58. The molecular weight excluding hydrogens is 468 g/mol. The predicted molar refractivity (Wildman–Crippen MR) is 145 cm³/mol. The highest BCUT2D eigenvalue weighted by atomic mass is 32.1. The van der Waals surface area contributed by atoms with Gasteiger partial charge in [0.25, 0.3) is 11.5 Å². The molecule has 1 aromatic carbocycles. The SMILES string of the molecule is O=C(NCCN1CCC(Cc2ccccc2)CC1)c1cccn2c(=O)c3c4c(sc3nc12)CCCC4. The summed E-state index contributed by atoms with van der Waals surface area (Å²) in [4.78, 5) is 35.8. The highest BCUT2D eigenvalue weighted by molar-refractivity contribution is 7.18. The van der Waals surface area contributed by atoms with Crippen molar-refractivity contribution >= 4 is 33.1 Å². The summed E-state index contributed by atoms with van der Waals surface area (Å²) in [5.41, 5.74) is 3.46. The van der Waals surface area contributed by atoms with E-state index in [9.17, 15) is 9.59 Å². The van der Waals surface area contributed by atoms with E-state index in [1.165, 1.54) is 35.3 Å². The lowest BCUT2D eigenvalue weighted by Gasteiger charge is -2.32. The van der Waals surface area contributed by atoms with Gasteiger partial charge in [-0.25, -0.2) is 4.98 Å². The number of pyridine rings is 1. The Bertz CT molecular complexity index is 1450. The van der Waals surface area contributed by atoms with Crippen LogP contribution in [-0.2, 0) is 19.3 Å². The van der Waals surface area contributed by atoms with Crippen molar-refractivity contribution in [3.05, 3.63) is 80.6 Å². The molecule has 4 aromatic rings. The van der Waals surface area contributed by atoms with Crippen LogP contribution in [0.15, 0.2) is 53.5 Å². The summed E-state index contributed by atoms with van der Waals surface area (Å²) in [5.74, 6) is 0.567. The quantitative estimate of drug-likeness (QED) is 0.424. The fraction of sp³-hybridized carbons (Fsp3) is 0.414. The molecule has 1 fully saturated rings. The van der Waals surface area contributed by atoms with Gasteiger partial charge in [0.05, 0.1) is 10.9 Å². The van der Waals surface area contributed by atoms with Gasteiger partial charge >= 0.3 is 0 Å². The van der Waals surface area contributed by atoms with E-state index in [4.69, 9.17) is 4.98 Å². The minimum absolute atomic E-state index is 0.0533. The number of thiophene rings is 1. The summed E-state index contributed by atoms with van der Waals surface area (Å²) in [5, 5.41) is 3.82. The number of hydrogen-bond acceptors (Lipinski definition) is 5. The second-order valence-electron chi connectivity index (χ2n) is 10.2. The van der Waals surface area contributed by atoms with Crippen molar-refractivity contribution < 1.29 is 4.79 Å². The van der Waals surface area contributed by atoms with Crippen LogP contribution in [0.3, 0.4) is 0 Å². The van der Waals surface area contributed by atoms with Gasteiger partial charge in [-0.05, 0) is 87.2 Å². The first kappa shape index (κ1) is 23.4. The molecule has 0 bridgehead atoms. The molecule has 6 rings (SSSR count). The van der Waals surface area contributed by atoms with Crippen LogP contribution in [0.5, 0.6) is 0 Å². The third-order valence-corrected chi connectivity index (χ3v) is 8.98. The lowest BCUT2D eigenvalue weighted by Crippen LogP contribution is -2.40. The molecule has 0 unspecified atom stereocenters. The maximum atomic E-state index is 13.3. The average molecular weight is 501 g/mol. The van der Waals surface area contributed by atoms with Crippen molar-refractivity contribution in [1.82, 2.24) is 19.6 Å². The molecule has 186 valence electrons. The summed E-state index contributed by atoms with van der Waals surface area (Å²) in [7, 11) is 0. The zero-order valence-corrected chi connectivity index (χ0v) is 21.4. The van der Waals surface area contributed by atoms with Crippen molar-refractivity contribution in [3.8, 4) is 0 Å². The Hall–Kier alpha value is -3.03. The number of fused-ring (bicyclic) bond motifs is 4. The van der Waals surface area contributed by atoms with Crippen molar-refractivity contribution in [2.45, 2.75) is 44.9 Å². The highest BCUT2D eigenvalue weighted by Crippen LogP contribution is 2.34. The standard InChI is InChI=1S/C29H32N4O2S/c34-27(30-14-18-32-16-12-21(13-17-32)19-20-7-2-1-3-8-20)23-10-6-15-33-26(23)31-28-25(29(33)35)22-9-4-5-11-24(22)36-28/h1-3,6-8,10,15,21H,4-5,9,11-14,16-19H2,(H,30,34).